The van der Waals surface area contributed by atoms with Crippen molar-refractivity contribution in [2.75, 3.05) is 0 Å². The first-order valence-electron chi connectivity index (χ1n) is 6.71. The van der Waals surface area contributed by atoms with Crippen molar-refractivity contribution in [2.24, 2.45) is 5.10 Å². The van der Waals surface area contributed by atoms with Crippen LogP contribution in [0.25, 0.3) is 0 Å². The van der Waals surface area contributed by atoms with Crippen molar-refractivity contribution in [3.05, 3.63) is 57.5 Å². The van der Waals surface area contributed by atoms with Crippen LogP contribution in [0.15, 0.2) is 35.6 Å². The van der Waals surface area contributed by atoms with Crippen molar-refractivity contribution in [2.45, 2.75) is 13.5 Å². The normalized spacial score (nSPS) is 10.7. The molecule has 0 aliphatic carbocycles. The van der Waals surface area contributed by atoms with E-state index in [1.54, 1.807) is 12.1 Å². The molecule has 0 unspecified atom stereocenters. The number of benzene rings is 1. The van der Waals surface area contributed by atoms with Crippen LogP contribution >= 0.6 is 0 Å². The summed E-state index contributed by atoms with van der Waals surface area (Å²) >= 11 is 0. The first-order chi connectivity index (χ1) is 11.4. The number of aryl methyl sites for hydroxylation is 1. The molecule has 0 radical (unpaired) electrons. The molecule has 24 heavy (non-hydrogen) atoms. The Kier molecular flexibility index (Phi) is 5.00. The van der Waals surface area contributed by atoms with Gasteiger partial charge in [0.15, 0.2) is 12.4 Å². The Balaban J connectivity index is 2.06. The van der Waals surface area contributed by atoms with Gasteiger partial charge in [-0.2, -0.15) is 5.10 Å². The molecule has 2 N–H and O–H groups in total. The van der Waals surface area contributed by atoms with Gasteiger partial charge in [0.05, 0.1) is 11.8 Å². The van der Waals surface area contributed by atoms with Crippen LogP contribution in [-0.2, 0) is 11.3 Å². The molecule has 0 atom stereocenters. The maximum Gasteiger partial charge on any atom is 0.343 e. The molecule has 1 aromatic heterocycles. The highest BCUT2D eigenvalue weighted by Crippen LogP contribution is 2.13. The molecule has 124 valence electrons. The molecule has 0 saturated carbocycles. The quantitative estimate of drug-likeness (QED) is 0.459. The Morgan fingerprint density at radius 2 is 2.17 bits per heavy atom. The van der Waals surface area contributed by atoms with Crippen LogP contribution in [0.3, 0.4) is 0 Å². The third kappa shape index (κ3) is 3.80. The lowest BCUT2D eigenvalue weighted by Gasteiger charge is -2.02. The fourth-order valence-corrected chi connectivity index (χ4v) is 1.95. The van der Waals surface area contributed by atoms with Gasteiger partial charge in [-0.15, -0.1) is 0 Å². The molecular formula is C14H13N5O5. The van der Waals surface area contributed by atoms with Crippen LogP contribution in [0, 0.1) is 17.0 Å². The minimum absolute atomic E-state index is 0.0385. The van der Waals surface area contributed by atoms with Crippen molar-refractivity contribution >= 4 is 23.9 Å². The third-order valence-corrected chi connectivity index (χ3v) is 3.11. The Hall–Kier alpha value is -3.56. The second kappa shape index (κ2) is 7.13. The molecule has 0 bridgehead atoms. The number of aromatic nitrogens is 2. The largest absolute Gasteiger partial charge is 0.478 e. The highest BCUT2D eigenvalue weighted by Gasteiger charge is 2.19. The van der Waals surface area contributed by atoms with E-state index in [0.717, 1.165) is 10.8 Å². The van der Waals surface area contributed by atoms with Crippen molar-refractivity contribution in [3.63, 3.8) is 0 Å². The molecule has 10 heteroatoms. The molecule has 1 aromatic carbocycles. The average molecular weight is 331 g/mol. The van der Waals surface area contributed by atoms with Crippen molar-refractivity contribution in [3.8, 4) is 0 Å². The van der Waals surface area contributed by atoms with Gasteiger partial charge in [-0.3, -0.25) is 4.79 Å². The molecule has 2 rings (SSSR count). The van der Waals surface area contributed by atoms with Crippen LogP contribution < -0.4 is 5.43 Å². The number of nitrogens with zero attached hydrogens (tertiary/aromatic N) is 4. The van der Waals surface area contributed by atoms with Gasteiger partial charge >= 0.3 is 11.8 Å². The maximum atomic E-state index is 11.8. The summed E-state index contributed by atoms with van der Waals surface area (Å²) in [5.74, 6) is -1.71. The summed E-state index contributed by atoms with van der Waals surface area (Å²) < 4.78 is 1.13. The minimum atomic E-state index is -1.12. The van der Waals surface area contributed by atoms with Gasteiger partial charge in [0.2, 0.25) is 0 Å². The third-order valence-electron chi connectivity index (χ3n) is 3.11. The molecule has 1 amide bonds. The van der Waals surface area contributed by atoms with E-state index in [9.17, 15) is 19.7 Å². The molecular weight excluding hydrogens is 318 g/mol. The van der Waals surface area contributed by atoms with Gasteiger partial charge in [-0.1, -0.05) is 18.2 Å². The summed E-state index contributed by atoms with van der Waals surface area (Å²) in [7, 11) is 0. The number of amides is 1. The lowest BCUT2D eigenvalue weighted by Crippen LogP contribution is -2.24. The van der Waals surface area contributed by atoms with Crippen LogP contribution in [0.4, 0.5) is 5.82 Å². The maximum absolute atomic E-state index is 11.8. The minimum Gasteiger partial charge on any atom is -0.478 e. The van der Waals surface area contributed by atoms with E-state index in [1.165, 1.54) is 25.3 Å². The van der Waals surface area contributed by atoms with E-state index in [1.807, 2.05) is 0 Å². The van der Waals surface area contributed by atoms with Crippen molar-refractivity contribution in [1.82, 2.24) is 15.0 Å². The highest BCUT2D eigenvalue weighted by molar-refractivity contribution is 5.98. The monoisotopic (exact) mass is 331 g/mol. The number of aromatic carboxylic acids is 1. The van der Waals surface area contributed by atoms with Crippen LogP contribution in [0.2, 0.25) is 0 Å². The number of hydrazone groups is 1. The van der Waals surface area contributed by atoms with Crippen molar-refractivity contribution in [1.29, 1.82) is 0 Å². The second-order valence-corrected chi connectivity index (χ2v) is 4.69. The zero-order chi connectivity index (χ0) is 17.7. The van der Waals surface area contributed by atoms with E-state index in [0.29, 0.717) is 11.4 Å². The Morgan fingerprint density at radius 3 is 2.83 bits per heavy atom. The van der Waals surface area contributed by atoms with Crippen LogP contribution in [-0.4, -0.2) is 37.7 Å². The number of carboxylic acid groups (broad SMARTS) is 1. The highest BCUT2D eigenvalue weighted by atomic mass is 16.6. The summed E-state index contributed by atoms with van der Waals surface area (Å²) in [5, 5.41) is 23.6. The number of nitro groups is 1. The van der Waals surface area contributed by atoms with E-state index < -0.39 is 16.8 Å². The zero-order valence-corrected chi connectivity index (χ0v) is 12.5. The standard InChI is InChI=1S/C14H13N5O5/c1-9-15-7-13(19(23)24)18(9)8-12(20)17-16-6-10-4-2-3-5-11(10)14(21)22/h2-7H,8H2,1H3,(H,17,20)(H,21,22). The number of imidazole rings is 1. The second-order valence-electron chi connectivity index (χ2n) is 4.69. The van der Waals surface area contributed by atoms with E-state index in [4.69, 9.17) is 5.11 Å². The first kappa shape index (κ1) is 16.8. The van der Waals surface area contributed by atoms with Gasteiger partial charge < -0.3 is 15.2 Å². The zero-order valence-electron chi connectivity index (χ0n) is 12.5. The molecule has 0 aliphatic heterocycles. The Labute approximate surface area is 135 Å². The Morgan fingerprint density at radius 1 is 1.46 bits per heavy atom. The number of nitrogens with one attached hydrogen (secondary N) is 1. The van der Waals surface area contributed by atoms with Gasteiger partial charge in [0.1, 0.15) is 6.20 Å². The van der Waals surface area contributed by atoms with Crippen LogP contribution in [0.1, 0.15) is 21.7 Å². The van der Waals surface area contributed by atoms with E-state index in [2.05, 4.69) is 15.5 Å². The van der Waals surface area contributed by atoms with Gasteiger partial charge in [0.25, 0.3) is 5.91 Å². The number of hydrogen-bond acceptors (Lipinski definition) is 6. The number of carbonyl (C=O) groups excluding carboxylic acids is 1. The average Bonchev–Trinajstić information content (AvgIpc) is 2.89. The molecule has 1 heterocycles. The van der Waals surface area contributed by atoms with E-state index >= 15 is 0 Å². The number of carbonyl (C=O) groups is 2. The Bertz CT molecular complexity index is 827. The predicted molar refractivity (Wildman–Crippen MR) is 82.8 cm³/mol. The van der Waals surface area contributed by atoms with Gasteiger partial charge in [0, 0.05) is 12.5 Å². The van der Waals surface area contributed by atoms with E-state index in [-0.39, 0.29) is 17.9 Å². The lowest BCUT2D eigenvalue weighted by atomic mass is 10.1. The number of hydrogen-bond donors (Lipinski definition) is 2. The fraction of sp³-hybridized carbons (Fsp3) is 0.143. The molecule has 0 fully saturated rings. The lowest BCUT2D eigenvalue weighted by molar-refractivity contribution is -0.392. The fourth-order valence-electron chi connectivity index (χ4n) is 1.95. The van der Waals surface area contributed by atoms with Crippen molar-refractivity contribution < 1.29 is 19.6 Å². The van der Waals surface area contributed by atoms with Crippen LogP contribution in [0.5, 0.6) is 0 Å². The molecule has 2 aromatic rings. The molecule has 0 aliphatic rings. The summed E-state index contributed by atoms with van der Waals surface area (Å²) in [5.41, 5.74) is 2.55. The smallest absolute Gasteiger partial charge is 0.343 e. The molecule has 0 spiro atoms. The van der Waals surface area contributed by atoms with Gasteiger partial charge in [-0.05, 0) is 11.0 Å². The summed E-state index contributed by atoms with van der Waals surface area (Å²) in [6.45, 7) is 1.20. The number of carboxylic acids is 1. The van der Waals surface area contributed by atoms with Gasteiger partial charge in [-0.25, -0.2) is 19.8 Å². The summed E-state index contributed by atoms with van der Waals surface area (Å²) in [6.07, 6.45) is 2.26. The first-order valence-corrected chi connectivity index (χ1v) is 6.71. The molecule has 0 saturated heterocycles. The topological polar surface area (TPSA) is 140 Å². The number of rotatable bonds is 6. The SMILES string of the molecule is Cc1ncc([N+](=O)[O-])n1CC(=O)NN=Cc1ccccc1C(=O)O. The predicted octanol–water partition coefficient (Wildman–Crippen LogP) is 0.948. The summed E-state index contributed by atoms with van der Waals surface area (Å²) in [4.78, 5) is 36.9. The molecule has 10 nitrogen and oxygen atoms in total. The summed E-state index contributed by atoms with van der Waals surface area (Å²) in [6, 6.07) is 6.14.